The van der Waals surface area contributed by atoms with Crippen LogP contribution in [0.2, 0.25) is 0 Å². The van der Waals surface area contributed by atoms with Crippen LogP contribution in [0.15, 0.2) is 18.2 Å². The smallest absolute Gasteiger partial charge is 0.251 e. The van der Waals surface area contributed by atoms with Gasteiger partial charge in [0.2, 0.25) is 0 Å². The molecule has 0 saturated heterocycles. The Kier molecular flexibility index (Phi) is 2.90. The molecule has 0 aliphatic carbocycles. The van der Waals surface area contributed by atoms with E-state index in [1.807, 2.05) is 13.0 Å². The molecule has 69 valence electrons. The number of amides is 1. The number of rotatable bonds is 2. The first-order chi connectivity index (χ1) is 6.19. The van der Waals surface area contributed by atoms with Crippen LogP contribution in [-0.2, 0) is 0 Å². The van der Waals surface area contributed by atoms with E-state index in [1.54, 1.807) is 19.2 Å². The normalized spacial score (nSPS) is 9.46. The van der Waals surface area contributed by atoms with Crippen molar-refractivity contribution in [2.24, 2.45) is 0 Å². The van der Waals surface area contributed by atoms with E-state index < -0.39 is 0 Å². The molecule has 0 aromatic heterocycles. The van der Waals surface area contributed by atoms with E-state index in [1.165, 1.54) is 0 Å². The van der Waals surface area contributed by atoms with E-state index in [-0.39, 0.29) is 5.91 Å². The molecule has 0 unspecified atom stereocenters. The zero-order valence-electron chi connectivity index (χ0n) is 7.76. The maximum Gasteiger partial charge on any atom is 0.251 e. The van der Waals surface area contributed by atoms with E-state index in [0.29, 0.717) is 11.3 Å². The monoisotopic (exact) mass is 178 g/mol. The van der Waals surface area contributed by atoms with Crippen LogP contribution in [0.3, 0.4) is 0 Å². The highest BCUT2D eigenvalue weighted by Crippen LogP contribution is 2.18. The summed E-state index contributed by atoms with van der Waals surface area (Å²) in [6, 6.07) is 5.26. The average Bonchev–Trinajstić information content (AvgIpc) is 2.17. The Balaban J connectivity index is 3.06. The molecule has 0 aliphatic heterocycles. The van der Waals surface area contributed by atoms with Crippen molar-refractivity contribution >= 4 is 5.91 Å². The average molecular weight is 178 g/mol. The van der Waals surface area contributed by atoms with Crippen LogP contribution in [0.1, 0.15) is 15.9 Å². The molecule has 0 saturated carbocycles. The number of carbonyl (C=O) groups is 1. The molecule has 0 heterocycles. The van der Waals surface area contributed by atoms with Crippen LogP contribution in [-0.4, -0.2) is 13.0 Å². The Labute approximate surface area is 77.7 Å². The van der Waals surface area contributed by atoms with Crippen LogP contribution >= 0.6 is 0 Å². The second-order valence-electron chi connectivity index (χ2n) is 2.69. The third-order valence-electron chi connectivity index (χ3n) is 1.83. The molecule has 0 spiro atoms. The van der Waals surface area contributed by atoms with E-state index in [2.05, 4.69) is 12.4 Å². The van der Waals surface area contributed by atoms with Crippen molar-refractivity contribution in [1.82, 2.24) is 5.32 Å². The lowest BCUT2D eigenvalue weighted by molar-refractivity contribution is 0.0968. The Hall–Kier alpha value is -1.51. The molecule has 1 rings (SSSR count). The van der Waals surface area contributed by atoms with Crippen LogP contribution in [0.25, 0.3) is 0 Å². The number of benzene rings is 1. The largest absolute Gasteiger partial charge is 0.496 e. The number of methoxy groups -OCH3 is 1. The molecule has 3 heteroatoms. The zero-order chi connectivity index (χ0) is 9.84. The number of carbonyl (C=O) groups excluding carboxylic acids is 1. The van der Waals surface area contributed by atoms with E-state index in [4.69, 9.17) is 4.74 Å². The maximum absolute atomic E-state index is 11.2. The summed E-state index contributed by atoms with van der Waals surface area (Å²) in [6.45, 7) is 1.92. The van der Waals surface area contributed by atoms with Gasteiger partial charge in [-0.15, -0.1) is 0 Å². The molecule has 3 nitrogen and oxygen atoms in total. The van der Waals surface area contributed by atoms with Crippen molar-refractivity contribution in [3.05, 3.63) is 36.4 Å². The Bertz CT molecular complexity index is 321. The van der Waals surface area contributed by atoms with Crippen LogP contribution < -0.4 is 10.1 Å². The summed E-state index contributed by atoms with van der Waals surface area (Å²) in [5, 5.41) is 2.31. The molecule has 1 radical (unpaired) electrons. The first-order valence-corrected chi connectivity index (χ1v) is 3.91. The highest BCUT2D eigenvalue weighted by Gasteiger charge is 2.05. The summed E-state index contributed by atoms with van der Waals surface area (Å²) in [5.74, 6) is 0.499. The van der Waals surface area contributed by atoms with E-state index >= 15 is 0 Å². The fourth-order valence-corrected chi connectivity index (χ4v) is 1.06. The van der Waals surface area contributed by atoms with Gasteiger partial charge in [-0.25, -0.2) is 0 Å². The predicted octanol–water partition coefficient (Wildman–Crippen LogP) is 1.53. The van der Waals surface area contributed by atoms with Crippen molar-refractivity contribution in [1.29, 1.82) is 0 Å². The lowest BCUT2D eigenvalue weighted by atomic mass is 10.1. The number of hydrogen-bond acceptors (Lipinski definition) is 2. The molecular weight excluding hydrogens is 166 g/mol. The first kappa shape index (κ1) is 9.58. The highest BCUT2D eigenvalue weighted by atomic mass is 16.5. The fraction of sp³-hybridized carbons (Fsp3) is 0.200. The standard InChI is InChI=1S/C10H12NO2/c1-7-4-5-8(10(12)11-2)6-9(7)13-3/h4-6H,2H2,1,3H3,(H,11,12). The maximum atomic E-state index is 11.2. The second-order valence-corrected chi connectivity index (χ2v) is 2.69. The van der Waals surface area contributed by atoms with Crippen molar-refractivity contribution in [2.75, 3.05) is 7.11 Å². The van der Waals surface area contributed by atoms with Gasteiger partial charge in [-0.3, -0.25) is 4.79 Å². The number of aryl methyl sites for hydroxylation is 1. The van der Waals surface area contributed by atoms with Gasteiger partial charge in [0.05, 0.1) is 7.11 Å². The van der Waals surface area contributed by atoms with Gasteiger partial charge in [-0.2, -0.15) is 0 Å². The van der Waals surface area contributed by atoms with Gasteiger partial charge < -0.3 is 10.1 Å². The quantitative estimate of drug-likeness (QED) is 0.745. The second kappa shape index (κ2) is 3.94. The summed E-state index contributed by atoms with van der Waals surface area (Å²) < 4.78 is 5.08. The first-order valence-electron chi connectivity index (χ1n) is 3.91. The predicted molar refractivity (Wildman–Crippen MR) is 50.6 cm³/mol. The third-order valence-corrected chi connectivity index (χ3v) is 1.83. The molecule has 1 aromatic carbocycles. The van der Waals surface area contributed by atoms with Crippen molar-refractivity contribution in [2.45, 2.75) is 6.92 Å². The number of ether oxygens (including phenoxy) is 1. The van der Waals surface area contributed by atoms with Gasteiger partial charge in [0, 0.05) is 12.6 Å². The van der Waals surface area contributed by atoms with Gasteiger partial charge in [-0.1, -0.05) is 6.07 Å². The minimum Gasteiger partial charge on any atom is -0.496 e. The third kappa shape index (κ3) is 1.99. The number of nitrogens with one attached hydrogen (secondary N) is 1. The van der Waals surface area contributed by atoms with Crippen molar-refractivity contribution in [3.63, 3.8) is 0 Å². The van der Waals surface area contributed by atoms with Crippen LogP contribution in [0, 0.1) is 14.0 Å². The van der Waals surface area contributed by atoms with Gasteiger partial charge in [0.15, 0.2) is 0 Å². The fourth-order valence-electron chi connectivity index (χ4n) is 1.06. The zero-order valence-corrected chi connectivity index (χ0v) is 7.76. The molecule has 0 aliphatic rings. The van der Waals surface area contributed by atoms with E-state index in [0.717, 1.165) is 5.56 Å². The Morgan fingerprint density at radius 1 is 1.54 bits per heavy atom. The Morgan fingerprint density at radius 2 is 2.23 bits per heavy atom. The molecule has 0 fully saturated rings. The van der Waals surface area contributed by atoms with Crippen molar-refractivity contribution in [3.8, 4) is 5.75 Å². The van der Waals surface area contributed by atoms with Gasteiger partial charge >= 0.3 is 0 Å². The minimum atomic E-state index is -0.210. The van der Waals surface area contributed by atoms with Crippen molar-refractivity contribution < 1.29 is 9.53 Å². The molecule has 1 aromatic rings. The topological polar surface area (TPSA) is 38.3 Å². The molecular formula is C10H12NO2. The summed E-state index contributed by atoms with van der Waals surface area (Å²) in [6.07, 6.45) is 0. The molecule has 0 bridgehead atoms. The SMILES string of the molecule is [CH2]NC(=O)c1ccc(C)c(OC)c1. The van der Waals surface area contributed by atoms with Crippen LogP contribution in [0.4, 0.5) is 0 Å². The van der Waals surface area contributed by atoms with E-state index in [9.17, 15) is 4.79 Å². The van der Waals surface area contributed by atoms with Crippen LogP contribution in [0.5, 0.6) is 5.75 Å². The minimum absolute atomic E-state index is 0.210. The summed E-state index contributed by atoms with van der Waals surface area (Å²) in [4.78, 5) is 11.2. The summed E-state index contributed by atoms with van der Waals surface area (Å²) in [5.41, 5.74) is 1.56. The lowest BCUT2D eigenvalue weighted by Crippen LogP contribution is -2.15. The highest BCUT2D eigenvalue weighted by molar-refractivity contribution is 5.94. The molecule has 1 N–H and O–H groups in total. The van der Waals surface area contributed by atoms with Gasteiger partial charge in [0.1, 0.15) is 5.75 Å². The lowest BCUT2D eigenvalue weighted by Gasteiger charge is -2.06. The van der Waals surface area contributed by atoms with Gasteiger partial charge in [-0.05, 0) is 24.6 Å². The number of hydrogen-bond donors (Lipinski definition) is 1. The van der Waals surface area contributed by atoms with Gasteiger partial charge in [0.25, 0.3) is 5.91 Å². The summed E-state index contributed by atoms with van der Waals surface area (Å²) in [7, 11) is 4.88. The molecule has 0 atom stereocenters. The molecule has 13 heavy (non-hydrogen) atoms. The molecule has 1 amide bonds. The Morgan fingerprint density at radius 3 is 2.77 bits per heavy atom. The summed E-state index contributed by atoms with van der Waals surface area (Å²) >= 11 is 0.